The summed E-state index contributed by atoms with van der Waals surface area (Å²) in [4.78, 5) is 2.52. The number of hydrogen-bond donors (Lipinski definition) is 0. The molecule has 1 nitrogen and oxygen atoms in total. The lowest BCUT2D eigenvalue weighted by Gasteiger charge is -2.19. The third kappa shape index (κ3) is 1.68. The maximum Gasteiger partial charge on any atom is 0.00674 e. The van der Waals surface area contributed by atoms with Crippen LogP contribution in [-0.2, 0) is 0 Å². The monoisotopic (exact) mass is 126 g/mol. The van der Waals surface area contributed by atoms with Gasteiger partial charge in [-0.3, -0.25) is 0 Å². The summed E-state index contributed by atoms with van der Waals surface area (Å²) in [5.74, 6) is 0. The van der Waals surface area contributed by atoms with Crippen LogP contribution in [0.25, 0.3) is 0 Å². The van der Waals surface area contributed by atoms with Crippen LogP contribution < -0.4 is 0 Å². The van der Waals surface area contributed by atoms with Crippen LogP contribution in [-0.4, -0.2) is 24.0 Å². The minimum atomic E-state index is 0.826. The van der Waals surface area contributed by atoms with Gasteiger partial charge in [0.2, 0.25) is 0 Å². The van der Waals surface area contributed by atoms with E-state index in [1.165, 1.54) is 25.9 Å². The van der Waals surface area contributed by atoms with Crippen LogP contribution in [0.1, 0.15) is 26.2 Å². The van der Waals surface area contributed by atoms with Gasteiger partial charge in [-0.2, -0.15) is 0 Å². The fraction of sp³-hybridized carbons (Fsp3) is 0.875. The summed E-state index contributed by atoms with van der Waals surface area (Å²) in [6, 6.07) is 0.826. The van der Waals surface area contributed by atoms with E-state index in [0.717, 1.165) is 12.5 Å². The van der Waals surface area contributed by atoms with E-state index in [0.29, 0.717) is 0 Å². The predicted octanol–water partition coefficient (Wildman–Crippen LogP) is 1.69. The molecule has 1 aliphatic rings. The van der Waals surface area contributed by atoms with E-state index in [9.17, 15) is 0 Å². The molecule has 0 aromatic rings. The van der Waals surface area contributed by atoms with Crippen molar-refractivity contribution in [3.63, 3.8) is 0 Å². The molecular weight excluding hydrogens is 110 g/mol. The first-order chi connectivity index (χ1) is 4.34. The molecule has 1 atom stereocenters. The van der Waals surface area contributed by atoms with Crippen molar-refractivity contribution >= 4 is 0 Å². The summed E-state index contributed by atoms with van der Waals surface area (Å²) in [6.07, 6.45) is 3.84. The molecule has 0 aromatic heterocycles. The minimum Gasteiger partial charge on any atom is -0.301 e. The third-order valence-electron chi connectivity index (χ3n) is 2.14. The van der Waals surface area contributed by atoms with Crippen molar-refractivity contribution < 1.29 is 0 Å². The van der Waals surface area contributed by atoms with Crippen molar-refractivity contribution in [2.75, 3.05) is 13.1 Å². The second kappa shape index (κ2) is 3.21. The summed E-state index contributed by atoms with van der Waals surface area (Å²) in [5.41, 5.74) is 0. The maximum absolute atomic E-state index is 3.84. The Balaban J connectivity index is 2.22. The molecule has 1 saturated heterocycles. The Bertz CT molecular complexity index is 80.6. The zero-order chi connectivity index (χ0) is 6.69. The molecule has 0 N–H and O–H groups in total. The van der Waals surface area contributed by atoms with Gasteiger partial charge >= 0.3 is 0 Å². The fourth-order valence-corrected chi connectivity index (χ4v) is 1.53. The van der Waals surface area contributed by atoms with Gasteiger partial charge in [0, 0.05) is 6.04 Å². The van der Waals surface area contributed by atoms with Crippen LogP contribution >= 0.6 is 0 Å². The first kappa shape index (κ1) is 7.07. The van der Waals surface area contributed by atoms with Gasteiger partial charge in [0.15, 0.2) is 0 Å². The number of rotatable bonds is 2. The average molecular weight is 126 g/mol. The molecule has 1 aliphatic heterocycles. The molecule has 1 heteroatoms. The Morgan fingerprint density at radius 2 is 2.44 bits per heavy atom. The third-order valence-corrected chi connectivity index (χ3v) is 2.14. The van der Waals surface area contributed by atoms with Gasteiger partial charge in [-0.05, 0) is 39.3 Å². The largest absolute Gasteiger partial charge is 0.301 e. The summed E-state index contributed by atoms with van der Waals surface area (Å²) in [5, 5.41) is 0. The van der Waals surface area contributed by atoms with Crippen molar-refractivity contribution in [3.05, 3.63) is 6.92 Å². The van der Waals surface area contributed by atoms with E-state index in [1.54, 1.807) is 0 Å². The molecule has 0 unspecified atom stereocenters. The lowest BCUT2D eigenvalue weighted by atomic mass is 10.2. The van der Waals surface area contributed by atoms with Crippen LogP contribution in [0.4, 0.5) is 0 Å². The molecule has 1 rings (SSSR count). The second-order valence-corrected chi connectivity index (χ2v) is 2.88. The second-order valence-electron chi connectivity index (χ2n) is 2.88. The Morgan fingerprint density at radius 1 is 1.67 bits per heavy atom. The zero-order valence-electron chi connectivity index (χ0n) is 6.27. The van der Waals surface area contributed by atoms with Crippen molar-refractivity contribution in [1.29, 1.82) is 0 Å². The minimum absolute atomic E-state index is 0.826. The summed E-state index contributed by atoms with van der Waals surface area (Å²) in [6.45, 7) is 8.65. The van der Waals surface area contributed by atoms with Crippen LogP contribution in [0.3, 0.4) is 0 Å². The predicted molar refractivity (Wildman–Crippen MR) is 40.2 cm³/mol. The van der Waals surface area contributed by atoms with Gasteiger partial charge in [0.25, 0.3) is 0 Å². The van der Waals surface area contributed by atoms with Gasteiger partial charge < -0.3 is 4.90 Å². The first-order valence-electron chi connectivity index (χ1n) is 3.88. The van der Waals surface area contributed by atoms with Gasteiger partial charge in [0.1, 0.15) is 0 Å². The molecule has 0 aliphatic carbocycles. The fourth-order valence-electron chi connectivity index (χ4n) is 1.53. The van der Waals surface area contributed by atoms with E-state index >= 15 is 0 Å². The maximum atomic E-state index is 3.84. The highest BCUT2D eigenvalue weighted by atomic mass is 15.2. The van der Waals surface area contributed by atoms with Crippen LogP contribution in [0.2, 0.25) is 0 Å². The smallest absolute Gasteiger partial charge is 0.00674 e. The Morgan fingerprint density at radius 3 is 2.89 bits per heavy atom. The van der Waals surface area contributed by atoms with Gasteiger partial charge in [-0.25, -0.2) is 0 Å². The SMILES string of the molecule is [CH2]CCN1CCC[C@@H]1C. The summed E-state index contributed by atoms with van der Waals surface area (Å²) in [7, 11) is 0. The van der Waals surface area contributed by atoms with Crippen molar-refractivity contribution in [2.24, 2.45) is 0 Å². The van der Waals surface area contributed by atoms with Crippen LogP contribution in [0.5, 0.6) is 0 Å². The number of nitrogens with zero attached hydrogens (tertiary/aromatic N) is 1. The van der Waals surface area contributed by atoms with E-state index in [2.05, 4.69) is 18.7 Å². The average Bonchev–Trinajstić information content (AvgIpc) is 2.18. The first-order valence-corrected chi connectivity index (χ1v) is 3.88. The zero-order valence-corrected chi connectivity index (χ0v) is 6.27. The van der Waals surface area contributed by atoms with Crippen molar-refractivity contribution in [2.45, 2.75) is 32.2 Å². The van der Waals surface area contributed by atoms with Gasteiger partial charge in [-0.15, -0.1) is 0 Å². The van der Waals surface area contributed by atoms with E-state index in [-0.39, 0.29) is 0 Å². The molecule has 0 aromatic carbocycles. The molecule has 0 amide bonds. The molecule has 0 saturated carbocycles. The molecule has 0 spiro atoms. The van der Waals surface area contributed by atoms with E-state index in [4.69, 9.17) is 0 Å². The quantitative estimate of drug-likeness (QED) is 0.544. The lowest BCUT2D eigenvalue weighted by Crippen LogP contribution is -2.27. The molecule has 0 bridgehead atoms. The van der Waals surface area contributed by atoms with Gasteiger partial charge in [-0.1, -0.05) is 6.92 Å². The van der Waals surface area contributed by atoms with E-state index in [1.807, 2.05) is 0 Å². The molecule has 1 heterocycles. The molecule has 53 valence electrons. The van der Waals surface area contributed by atoms with Gasteiger partial charge in [0.05, 0.1) is 0 Å². The summed E-state index contributed by atoms with van der Waals surface area (Å²) < 4.78 is 0. The van der Waals surface area contributed by atoms with Crippen LogP contribution in [0.15, 0.2) is 0 Å². The van der Waals surface area contributed by atoms with Crippen molar-refractivity contribution in [1.82, 2.24) is 4.90 Å². The van der Waals surface area contributed by atoms with Crippen LogP contribution in [0, 0.1) is 6.92 Å². The molecule has 1 radical (unpaired) electrons. The van der Waals surface area contributed by atoms with E-state index < -0.39 is 0 Å². The van der Waals surface area contributed by atoms with Crippen molar-refractivity contribution in [3.8, 4) is 0 Å². The highest BCUT2D eigenvalue weighted by Gasteiger charge is 2.17. The molecule has 9 heavy (non-hydrogen) atoms. The molecule has 1 fully saturated rings. The summed E-state index contributed by atoms with van der Waals surface area (Å²) >= 11 is 0. The number of hydrogen-bond acceptors (Lipinski definition) is 1. The topological polar surface area (TPSA) is 3.24 Å². The Hall–Kier alpha value is -0.0400. The standard InChI is InChI=1S/C8H16N/c1-3-6-9-7-4-5-8(9)2/h8H,1,3-7H2,2H3/t8-/m0/s1. The highest BCUT2D eigenvalue weighted by molar-refractivity contribution is 4.74. The normalized spacial score (nSPS) is 29.3. The lowest BCUT2D eigenvalue weighted by molar-refractivity contribution is 0.274. The Kier molecular flexibility index (Phi) is 2.52. The molecular formula is C8H16N. The highest BCUT2D eigenvalue weighted by Crippen LogP contribution is 2.15. The Labute approximate surface area is 58.0 Å². The number of likely N-dealkylation sites (tertiary alicyclic amines) is 1.